The highest BCUT2D eigenvalue weighted by atomic mass is 32.2. The first-order valence-electron chi connectivity index (χ1n) is 12.4. The second-order valence-corrected chi connectivity index (χ2v) is 11.4. The standard InChI is InChI=1S/C28H33N3O5S/c1-18(2)36-28(33)31-16-14-21(15-17-31)30-37(34,35)26-13-12-25(23-9-5-6-10-24(23)26)29-27(32)22-11-7-8-19(3)20(22)4/h5-13,18,21,30H,14-17H2,1-4H3,(H,29,32). The van der Waals surface area contributed by atoms with E-state index in [-0.39, 0.29) is 29.0 Å². The molecular weight excluding hydrogens is 490 g/mol. The number of hydrogen-bond donors (Lipinski definition) is 2. The molecule has 37 heavy (non-hydrogen) atoms. The third kappa shape index (κ3) is 5.94. The maximum Gasteiger partial charge on any atom is 0.410 e. The number of nitrogens with zero attached hydrogens (tertiary/aromatic N) is 1. The van der Waals surface area contributed by atoms with Crippen LogP contribution in [0.2, 0.25) is 0 Å². The van der Waals surface area contributed by atoms with E-state index in [0.29, 0.717) is 48.0 Å². The van der Waals surface area contributed by atoms with Crippen LogP contribution < -0.4 is 10.0 Å². The van der Waals surface area contributed by atoms with Crippen molar-refractivity contribution in [1.29, 1.82) is 0 Å². The summed E-state index contributed by atoms with van der Waals surface area (Å²) in [5.41, 5.74) is 3.03. The highest BCUT2D eigenvalue weighted by molar-refractivity contribution is 7.89. The molecule has 9 heteroatoms. The molecule has 1 heterocycles. The van der Waals surface area contributed by atoms with Gasteiger partial charge in [0.15, 0.2) is 0 Å². The Morgan fingerprint density at radius 1 is 0.946 bits per heavy atom. The fraction of sp³-hybridized carbons (Fsp3) is 0.357. The van der Waals surface area contributed by atoms with E-state index in [9.17, 15) is 18.0 Å². The summed E-state index contributed by atoms with van der Waals surface area (Å²) >= 11 is 0. The Morgan fingerprint density at radius 2 is 1.62 bits per heavy atom. The van der Waals surface area contributed by atoms with Crippen molar-refractivity contribution in [3.05, 3.63) is 71.3 Å². The van der Waals surface area contributed by atoms with Crippen molar-refractivity contribution < 1.29 is 22.7 Å². The number of ether oxygens (including phenoxy) is 1. The summed E-state index contributed by atoms with van der Waals surface area (Å²) in [4.78, 5) is 26.9. The number of likely N-dealkylation sites (tertiary alicyclic amines) is 1. The first-order valence-corrected chi connectivity index (χ1v) is 13.9. The molecule has 0 unspecified atom stereocenters. The molecule has 0 spiro atoms. The zero-order valence-electron chi connectivity index (χ0n) is 21.6. The molecule has 1 fully saturated rings. The SMILES string of the molecule is Cc1cccc(C(=O)Nc2ccc(S(=O)(=O)NC3CCN(C(=O)OC(C)C)CC3)c3ccccc23)c1C. The van der Waals surface area contributed by atoms with E-state index in [1.807, 2.05) is 32.0 Å². The molecule has 0 radical (unpaired) electrons. The molecule has 1 aliphatic heterocycles. The minimum atomic E-state index is -3.85. The average molecular weight is 524 g/mol. The molecule has 3 aromatic carbocycles. The van der Waals surface area contributed by atoms with Crippen LogP contribution >= 0.6 is 0 Å². The minimum Gasteiger partial charge on any atom is -0.447 e. The molecule has 8 nitrogen and oxygen atoms in total. The van der Waals surface area contributed by atoms with Crippen LogP contribution in [0.25, 0.3) is 10.8 Å². The lowest BCUT2D eigenvalue weighted by atomic mass is 10.0. The number of fused-ring (bicyclic) bond motifs is 1. The molecule has 3 aromatic rings. The van der Waals surface area contributed by atoms with Crippen LogP contribution in [0.15, 0.2) is 59.5 Å². The number of piperidine rings is 1. The van der Waals surface area contributed by atoms with Crippen LogP contribution in [0.4, 0.5) is 10.5 Å². The van der Waals surface area contributed by atoms with E-state index in [2.05, 4.69) is 10.0 Å². The second kappa shape index (κ2) is 10.9. The second-order valence-electron chi connectivity index (χ2n) is 9.67. The van der Waals surface area contributed by atoms with Crippen molar-refractivity contribution in [2.45, 2.75) is 57.6 Å². The van der Waals surface area contributed by atoms with Crippen LogP contribution in [-0.2, 0) is 14.8 Å². The minimum absolute atomic E-state index is 0.148. The highest BCUT2D eigenvalue weighted by Gasteiger charge is 2.29. The number of benzene rings is 3. The topological polar surface area (TPSA) is 105 Å². The average Bonchev–Trinajstić information content (AvgIpc) is 2.85. The number of aryl methyl sites for hydroxylation is 1. The van der Waals surface area contributed by atoms with Crippen LogP contribution in [-0.4, -0.2) is 50.6 Å². The van der Waals surface area contributed by atoms with E-state index < -0.39 is 10.0 Å². The Morgan fingerprint density at radius 3 is 2.30 bits per heavy atom. The number of anilines is 1. The summed E-state index contributed by atoms with van der Waals surface area (Å²) in [5.74, 6) is -0.247. The van der Waals surface area contributed by atoms with Crippen molar-refractivity contribution in [3.8, 4) is 0 Å². The van der Waals surface area contributed by atoms with Gasteiger partial charge in [-0.05, 0) is 69.9 Å². The van der Waals surface area contributed by atoms with Crippen LogP contribution in [0.5, 0.6) is 0 Å². The smallest absolute Gasteiger partial charge is 0.410 e. The zero-order valence-corrected chi connectivity index (χ0v) is 22.4. The van der Waals surface area contributed by atoms with E-state index >= 15 is 0 Å². The van der Waals surface area contributed by atoms with Gasteiger partial charge in [-0.15, -0.1) is 0 Å². The maximum atomic E-state index is 13.4. The van der Waals surface area contributed by atoms with Gasteiger partial charge in [-0.1, -0.05) is 36.4 Å². The van der Waals surface area contributed by atoms with Gasteiger partial charge in [0.2, 0.25) is 10.0 Å². The van der Waals surface area contributed by atoms with Gasteiger partial charge in [-0.2, -0.15) is 0 Å². The monoisotopic (exact) mass is 523 g/mol. The Labute approximate surface area is 218 Å². The Hall–Kier alpha value is -3.43. The molecule has 1 aliphatic rings. The lowest BCUT2D eigenvalue weighted by Gasteiger charge is -2.32. The Kier molecular flexibility index (Phi) is 7.85. The number of hydrogen-bond acceptors (Lipinski definition) is 5. The lowest BCUT2D eigenvalue weighted by molar-refractivity contribution is 0.0688. The van der Waals surface area contributed by atoms with Crippen LogP contribution in [0.1, 0.15) is 48.2 Å². The van der Waals surface area contributed by atoms with Gasteiger partial charge in [0.25, 0.3) is 5.91 Å². The summed E-state index contributed by atoms with van der Waals surface area (Å²) in [6.07, 6.45) is 0.411. The number of nitrogens with one attached hydrogen (secondary N) is 2. The molecule has 2 N–H and O–H groups in total. The van der Waals surface area contributed by atoms with Crippen LogP contribution in [0, 0.1) is 13.8 Å². The fourth-order valence-electron chi connectivity index (χ4n) is 4.54. The zero-order chi connectivity index (χ0) is 26.7. The number of carbonyl (C=O) groups excluding carboxylic acids is 2. The van der Waals surface area contributed by atoms with E-state index in [1.54, 1.807) is 49.1 Å². The molecule has 1 saturated heterocycles. The lowest BCUT2D eigenvalue weighted by Crippen LogP contribution is -2.47. The molecule has 2 amide bonds. The third-order valence-corrected chi connectivity index (χ3v) is 8.26. The van der Waals surface area contributed by atoms with Crippen molar-refractivity contribution in [2.24, 2.45) is 0 Å². The quantitative estimate of drug-likeness (QED) is 0.473. The van der Waals surface area contributed by atoms with Crippen molar-refractivity contribution >= 4 is 38.5 Å². The molecule has 0 saturated carbocycles. The van der Waals surface area contributed by atoms with Gasteiger partial charge >= 0.3 is 6.09 Å². The summed E-state index contributed by atoms with van der Waals surface area (Å²) in [6, 6.07) is 15.6. The Balaban J connectivity index is 1.53. The summed E-state index contributed by atoms with van der Waals surface area (Å²) in [5, 5.41) is 4.11. The fourth-order valence-corrected chi connectivity index (χ4v) is 6.06. The van der Waals surface area contributed by atoms with Crippen molar-refractivity contribution in [3.63, 3.8) is 0 Å². The van der Waals surface area contributed by atoms with Gasteiger partial charge in [0.05, 0.1) is 11.0 Å². The largest absolute Gasteiger partial charge is 0.447 e. The van der Waals surface area contributed by atoms with Gasteiger partial charge in [0, 0.05) is 41.2 Å². The van der Waals surface area contributed by atoms with E-state index in [0.717, 1.165) is 11.1 Å². The molecule has 0 aromatic heterocycles. The van der Waals surface area contributed by atoms with Crippen LogP contribution in [0.3, 0.4) is 0 Å². The molecule has 0 aliphatic carbocycles. The summed E-state index contributed by atoms with van der Waals surface area (Å²) in [6.45, 7) is 8.29. The maximum absolute atomic E-state index is 13.4. The summed E-state index contributed by atoms with van der Waals surface area (Å²) in [7, 11) is -3.85. The van der Waals surface area contributed by atoms with Gasteiger partial charge < -0.3 is 15.0 Å². The first-order chi connectivity index (χ1) is 17.6. The van der Waals surface area contributed by atoms with E-state index in [1.165, 1.54) is 6.07 Å². The predicted octanol–water partition coefficient (Wildman–Crippen LogP) is 5.00. The Bertz CT molecular complexity index is 1430. The third-order valence-electron chi connectivity index (χ3n) is 6.68. The molecule has 196 valence electrons. The predicted molar refractivity (Wildman–Crippen MR) is 144 cm³/mol. The van der Waals surface area contributed by atoms with Gasteiger partial charge in [-0.3, -0.25) is 4.79 Å². The highest BCUT2D eigenvalue weighted by Crippen LogP contribution is 2.30. The van der Waals surface area contributed by atoms with E-state index in [4.69, 9.17) is 4.74 Å². The van der Waals surface area contributed by atoms with Gasteiger partial charge in [-0.25, -0.2) is 17.9 Å². The number of carbonyl (C=O) groups is 2. The van der Waals surface area contributed by atoms with Crippen molar-refractivity contribution in [1.82, 2.24) is 9.62 Å². The summed E-state index contributed by atoms with van der Waals surface area (Å²) < 4.78 is 34.9. The number of rotatable bonds is 6. The normalized spacial score (nSPS) is 14.7. The molecule has 0 bridgehead atoms. The van der Waals surface area contributed by atoms with Gasteiger partial charge in [0.1, 0.15) is 0 Å². The molecule has 0 atom stereocenters. The van der Waals surface area contributed by atoms with Crippen molar-refractivity contribution in [2.75, 3.05) is 18.4 Å². The number of amides is 2. The molecule has 4 rings (SSSR count). The first kappa shape index (κ1) is 26.6. The number of sulfonamides is 1. The molecular formula is C28H33N3O5S.